The Labute approximate surface area is 129 Å². The van der Waals surface area contributed by atoms with E-state index < -0.39 is 5.82 Å². The van der Waals surface area contributed by atoms with Gasteiger partial charge in [-0.05, 0) is 18.1 Å². The fourth-order valence-corrected chi connectivity index (χ4v) is 2.19. The third kappa shape index (κ3) is 5.17. The van der Waals surface area contributed by atoms with E-state index in [0.29, 0.717) is 5.56 Å². The average Bonchev–Trinajstić information content (AvgIpc) is 2.49. The zero-order valence-electron chi connectivity index (χ0n) is 12.4. The molecule has 4 nitrogen and oxygen atoms in total. The fourth-order valence-electron chi connectivity index (χ4n) is 1.99. The van der Waals surface area contributed by atoms with Crippen LogP contribution in [-0.2, 0) is 6.54 Å². The monoisotopic (exact) mass is 316 g/mol. The molecule has 2 N–H and O–H groups in total. The van der Waals surface area contributed by atoms with Gasteiger partial charge in [0, 0.05) is 13.6 Å². The molecule has 0 spiro atoms. The Balaban J connectivity index is 2.57. The molecule has 0 heterocycles. The summed E-state index contributed by atoms with van der Waals surface area (Å²) in [5, 5.41) is 12.0. The van der Waals surface area contributed by atoms with Crippen LogP contribution in [0.3, 0.4) is 0 Å². The fraction of sp³-hybridized carbons (Fsp3) is 0.533. The molecule has 0 radical (unpaired) electrons. The first-order valence-corrected chi connectivity index (χ1v) is 7.43. The Morgan fingerprint density at radius 1 is 1.52 bits per heavy atom. The summed E-state index contributed by atoms with van der Waals surface area (Å²) >= 11 is 5.83. The van der Waals surface area contributed by atoms with Gasteiger partial charge in [0.1, 0.15) is 5.82 Å². The number of aliphatic hydroxyl groups is 1. The highest BCUT2D eigenvalue weighted by atomic mass is 35.5. The lowest BCUT2D eigenvalue weighted by atomic mass is 10.1. The van der Waals surface area contributed by atoms with E-state index in [1.165, 1.54) is 11.0 Å². The van der Waals surface area contributed by atoms with E-state index in [4.69, 9.17) is 11.6 Å². The van der Waals surface area contributed by atoms with Gasteiger partial charge in [0.2, 0.25) is 0 Å². The maximum Gasteiger partial charge on any atom is 0.317 e. The van der Waals surface area contributed by atoms with Gasteiger partial charge in [-0.25, -0.2) is 9.18 Å². The minimum atomic E-state index is -0.507. The Bertz CT molecular complexity index is 471. The maximum atomic E-state index is 13.3. The predicted octanol–water partition coefficient (Wildman–Crippen LogP) is 3.17. The van der Waals surface area contributed by atoms with Crippen LogP contribution in [0.25, 0.3) is 0 Å². The van der Waals surface area contributed by atoms with E-state index in [-0.39, 0.29) is 30.2 Å². The van der Waals surface area contributed by atoms with Crippen LogP contribution in [-0.4, -0.2) is 35.7 Å². The zero-order chi connectivity index (χ0) is 15.8. The normalized spacial score (nSPS) is 12.0. The smallest absolute Gasteiger partial charge is 0.317 e. The SMILES string of the molecule is CCCC[C@@H](CO)N(C)C(=O)NCc1cccc(F)c1Cl. The van der Waals surface area contributed by atoms with Gasteiger partial charge in [0.15, 0.2) is 0 Å². The van der Waals surface area contributed by atoms with Crippen molar-refractivity contribution in [3.05, 3.63) is 34.6 Å². The zero-order valence-corrected chi connectivity index (χ0v) is 13.2. The summed E-state index contributed by atoms with van der Waals surface area (Å²) in [6.07, 6.45) is 2.70. The first-order chi connectivity index (χ1) is 10.0. The lowest BCUT2D eigenvalue weighted by molar-refractivity contribution is 0.142. The van der Waals surface area contributed by atoms with Crippen LogP contribution < -0.4 is 5.32 Å². The minimum absolute atomic E-state index is 0.0187. The number of rotatable bonds is 7. The average molecular weight is 317 g/mol. The third-order valence-corrected chi connectivity index (χ3v) is 3.85. The van der Waals surface area contributed by atoms with Gasteiger partial charge < -0.3 is 15.3 Å². The van der Waals surface area contributed by atoms with E-state index in [2.05, 4.69) is 12.2 Å². The molecule has 0 saturated heterocycles. The summed E-state index contributed by atoms with van der Waals surface area (Å²) in [7, 11) is 1.64. The molecule has 6 heteroatoms. The summed E-state index contributed by atoms with van der Waals surface area (Å²) in [6.45, 7) is 2.12. The number of likely N-dealkylation sites (N-methyl/N-ethyl adjacent to an activating group) is 1. The molecule has 21 heavy (non-hydrogen) atoms. The number of benzene rings is 1. The highest BCUT2D eigenvalue weighted by Gasteiger charge is 2.18. The van der Waals surface area contributed by atoms with Crippen LogP contribution in [0.2, 0.25) is 5.02 Å². The quantitative estimate of drug-likeness (QED) is 0.812. The second-order valence-electron chi connectivity index (χ2n) is 4.96. The molecule has 0 fully saturated rings. The van der Waals surface area contributed by atoms with Gasteiger partial charge in [-0.1, -0.05) is 43.5 Å². The summed E-state index contributed by atoms with van der Waals surface area (Å²) < 4.78 is 13.3. The second-order valence-corrected chi connectivity index (χ2v) is 5.34. The van der Waals surface area contributed by atoms with Crippen LogP contribution in [0.4, 0.5) is 9.18 Å². The largest absolute Gasteiger partial charge is 0.394 e. The lowest BCUT2D eigenvalue weighted by Crippen LogP contribution is -2.45. The van der Waals surface area contributed by atoms with Crippen molar-refractivity contribution in [2.75, 3.05) is 13.7 Å². The molecule has 0 aliphatic rings. The standard InChI is InChI=1S/C15H22ClFN2O2/c1-3-4-7-12(10-20)19(2)15(21)18-9-11-6-5-8-13(17)14(11)16/h5-6,8,12,20H,3-4,7,9-10H2,1-2H3,(H,18,21)/t12-/m0/s1. The molecule has 0 unspecified atom stereocenters. The van der Waals surface area contributed by atoms with E-state index in [1.807, 2.05) is 0 Å². The van der Waals surface area contributed by atoms with Crippen LogP contribution in [0, 0.1) is 5.82 Å². The van der Waals surface area contributed by atoms with Gasteiger partial charge in [-0.2, -0.15) is 0 Å². The number of urea groups is 1. The van der Waals surface area contributed by atoms with E-state index in [9.17, 15) is 14.3 Å². The summed E-state index contributed by atoms with van der Waals surface area (Å²) in [5.41, 5.74) is 0.521. The molecule has 1 aromatic carbocycles. The Kier molecular flexibility index (Phi) is 7.47. The summed E-state index contributed by atoms with van der Waals surface area (Å²) in [6, 6.07) is 3.95. The number of carbonyl (C=O) groups is 1. The van der Waals surface area contributed by atoms with Gasteiger partial charge in [0.05, 0.1) is 17.7 Å². The number of amides is 2. The van der Waals surface area contributed by atoms with Crippen LogP contribution in [0.1, 0.15) is 31.7 Å². The minimum Gasteiger partial charge on any atom is -0.394 e. The molecular weight excluding hydrogens is 295 g/mol. The van der Waals surface area contributed by atoms with Crippen molar-refractivity contribution < 1.29 is 14.3 Å². The van der Waals surface area contributed by atoms with Gasteiger partial charge in [-0.15, -0.1) is 0 Å². The van der Waals surface area contributed by atoms with Crippen molar-refractivity contribution in [2.45, 2.75) is 38.8 Å². The second kappa shape index (κ2) is 8.85. The molecule has 0 aromatic heterocycles. The number of unbranched alkanes of at least 4 members (excludes halogenated alkanes) is 1. The molecule has 1 aromatic rings. The number of aliphatic hydroxyl groups excluding tert-OH is 1. The Hall–Kier alpha value is -1.33. The molecule has 2 amide bonds. The van der Waals surface area contributed by atoms with Crippen LogP contribution in [0.5, 0.6) is 0 Å². The molecule has 0 saturated carbocycles. The molecule has 0 aliphatic heterocycles. The van der Waals surface area contributed by atoms with Gasteiger partial charge >= 0.3 is 6.03 Å². The van der Waals surface area contributed by atoms with Crippen LogP contribution in [0.15, 0.2) is 18.2 Å². The van der Waals surface area contributed by atoms with Crippen LogP contribution >= 0.6 is 11.6 Å². The number of hydrogen-bond donors (Lipinski definition) is 2. The van der Waals surface area contributed by atoms with Crippen molar-refractivity contribution in [1.82, 2.24) is 10.2 Å². The van der Waals surface area contributed by atoms with Gasteiger partial charge in [-0.3, -0.25) is 0 Å². The number of nitrogens with zero attached hydrogens (tertiary/aromatic N) is 1. The number of hydrogen-bond acceptors (Lipinski definition) is 2. The van der Waals surface area contributed by atoms with E-state index >= 15 is 0 Å². The van der Waals surface area contributed by atoms with Crippen molar-refractivity contribution >= 4 is 17.6 Å². The molecule has 0 bridgehead atoms. The highest BCUT2D eigenvalue weighted by Crippen LogP contribution is 2.19. The lowest BCUT2D eigenvalue weighted by Gasteiger charge is -2.27. The number of carbonyl (C=O) groups excluding carboxylic acids is 1. The molecule has 1 rings (SSSR count). The molecule has 1 atom stereocenters. The predicted molar refractivity (Wildman–Crippen MR) is 81.8 cm³/mol. The maximum absolute atomic E-state index is 13.3. The van der Waals surface area contributed by atoms with Gasteiger partial charge in [0.25, 0.3) is 0 Å². The topological polar surface area (TPSA) is 52.6 Å². The van der Waals surface area contributed by atoms with E-state index in [0.717, 1.165) is 19.3 Å². The molecule has 118 valence electrons. The number of halogens is 2. The van der Waals surface area contributed by atoms with Crippen molar-refractivity contribution in [2.24, 2.45) is 0 Å². The first kappa shape index (κ1) is 17.7. The van der Waals surface area contributed by atoms with Crippen molar-refractivity contribution in [1.29, 1.82) is 0 Å². The Morgan fingerprint density at radius 3 is 2.86 bits per heavy atom. The van der Waals surface area contributed by atoms with E-state index in [1.54, 1.807) is 19.2 Å². The first-order valence-electron chi connectivity index (χ1n) is 7.05. The highest BCUT2D eigenvalue weighted by molar-refractivity contribution is 6.31. The van der Waals surface area contributed by atoms with Crippen molar-refractivity contribution in [3.8, 4) is 0 Å². The number of nitrogens with one attached hydrogen (secondary N) is 1. The summed E-state index contributed by atoms with van der Waals surface area (Å²) in [4.78, 5) is 13.5. The Morgan fingerprint density at radius 2 is 2.24 bits per heavy atom. The third-order valence-electron chi connectivity index (χ3n) is 3.43. The summed E-state index contributed by atoms with van der Waals surface area (Å²) in [5.74, 6) is -0.507. The molecular formula is C15H22ClFN2O2. The van der Waals surface area contributed by atoms with Crippen molar-refractivity contribution in [3.63, 3.8) is 0 Å². The molecule has 0 aliphatic carbocycles.